The number of aromatic nitrogens is 1. The van der Waals surface area contributed by atoms with Crippen molar-refractivity contribution in [2.75, 3.05) is 0 Å². The number of hydrogen-bond donors (Lipinski definition) is 2. The Morgan fingerprint density at radius 1 is 1.29 bits per heavy atom. The summed E-state index contributed by atoms with van der Waals surface area (Å²) in [4.78, 5) is 38.6. The van der Waals surface area contributed by atoms with E-state index in [-0.39, 0.29) is 18.8 Å². The van der Waals surface area contributed by atoms with Crippen molar-refractivity contribution in [2.24, 2.45) is 0 Å². The van der Waals surface area contributed by atoms with E-state index in [1.54, 1.807) is 32.9 Å². The molecule has 0 aromatic carbocycles. The summed E-state index contributed by atoms with van der Waals surface area (Å²) in [6.07, 6.45) is 4.36. The van der Waals surface area contributed by atoms with Crippen molar-refractivity contribution in [2.45, 2.75) is 58.1 Å². The number of carbonyl (C=O) groups is 3. The molecule has 0 bridgehead atoms. The molecule has 1 aromatic rings. The van der Waals surface area contributed by atoms with Crippen LogP contribution in [0.1, 0.15) is 56.8 Å². The number of nitrogens with zero attached hydrogens (tertiary/aromatic N) is 1. The second kappa shape index (κ2) is 9.00. The van der Waals surface area contributed by atoms with Gasteiger partial charge in [0.2, 0.25) is 0 Å². The van der Waals surface area contributed by atoms with Crippen LogP contribution in [0.25, 0.3) is 0 Å². The molecule has 0 aliphatic rings. The van der Waals surface area contributed by atoms with E-state index < -0.39 is 23.5 Å². The molecule has 1 heterocycles. The van der Waals surface area contributed by atoms with Crippen LogP contribution in [0.4, 0.5) is 0 Å². The Bertz CT molecular complexity index is 566. The highest BCUT2D eigenvalue weighted by molar-refractivity contribution is 5.96. The highest BCUT2D eigenvalue weighted by Gasteiger charge is 2.21. The molecule has 0 aliphatic heterocycles. The lowest BCUT2D eigenvalue weighted by molar-refractivity contribution is -0.154. The van der Waals surface area contributed by atoms with Crippen molar-refractivity contribution in [3.8, 4) is 0 Å². The normalized spacial score (nSPS) is 12.3. The molecule has 0 radical (unpaired) electrons. The molecule has 0 saturated heterocycles. The Morgan fingerprint density at radius 2 is 2.00 bits per heavy atom. The number of rotatable bonds is 8. The van der Waals surface area contributed by atoms with Gasteiger partial charge in [-0.3, -0.25) is 14.6 Å². The molecule has 0 fully saturated rings. The van der Waals surface area contributed by atoms with Crippen molar-refractivity contribution in [1.82, 2.24) is 10.3 Å². The zero-order chi connectivity index (χ0) is 18.2. The van der Waals surface area contributed by atoms with Gasteiger partial charge >= 0.3 is 11.9 Å². The Labute approximate surface area is 141 Å². The minimum absolute atomic E-state index is 0.222. The molecule has 1 atom stereocenters. The summed E-state index contributed by atoms with van der Waals surface area (Å²) in [5, 5.41) is 11.7. The average Bonchev–Trinajstić information content (AvgIpc) is 2.49. The summed E-state index contributed by atoms with van der Waals surface area (Å²) in [6, 6.07) is 2.16. The van der Waals surface area contributed by atoms with Gasteiger partial charge in [0, 0.05) is 18.8 Å². The standard InChI is InChI=1S/C17H24N2O5/c1-17(2,3)24-14(20)9-5-4-8-13(16(22)23)19-15(21)12-7-6-10-18-11-12/h6-7,10-11,13H,4-5,8-9H2,1-3H3,(H,19,21)(H,22,23). The lowest BCUT2D eigenvalue weighted by Crippen LogP contribution is -2.40. The quantitative estimate of drug-likeness (QED) is 0.557. The number of unbranched alkanes of at least 4 members (excludes halogenated alkanes) is 1. The van der Waals surface area contributed by atoms with Gasteiger partial charge in [0.25, 0.3) is 5.91 Å². The first-order valence-corrected chi connectivity index (χ1v) is 7.84. The van der Waals surface area contributed by atoms with Crippen LogP contribution in [0.15, 0.2) is 24.5 Å². The average molecular weight is 336 g/mol. The highest BCUT2D eigenvalue weighted by atomic mass is 16.6. The first kappa shape index (κ1) is 19.6. The number of esters is 1. The van der Waals surface area contributed by atoms with Crippen molar-refractivity contribution < 1.29 is 24.2 Å². The van der Waals surface area contributed by atoms with Crippen molar-refractivity contribution in [1.29, 1.82) is 0 Å². The molecule has 1 aromatic heterocycles. The second-order valence-electron chi connectivity index (χ2n) is 6.44. The van der Waals surface area contributed by atoms with E-state index >= 15 is 0 Å². The number of carboxylic acids is 1. The number of hydrogen-bond acceptors (Lipinski definition) is 5. The molecule has 1 amide bonds. The maximum atomic E-state index is 12.0. The lowest BCUT2D eigenvalue weighted by Gasteiger charge is -2.19. The van der Waals surface area contributed by atoms with E-state index in [2.05, 4.69) is 10.3 Å². The number of carbonyl (C=O) groups excluding carboxylic acids is 2. The van der Waals surface area contributed by atoms with E-state index in [0.717, 1.165) is 0 Å². The molecule has 1 unspecified atom stereocenters. The third-order valence-electron chi connectivity index (χ3n) is 3.07. The number of pyridine rings is 1. The fraction of sp³-hybridized carbons (Fsp3) is 0.529. The van der Waals surface area contributed by atoms with Crippen LogP contribution in [0, 0.1) is 0 Å². The van der Waals surface area contributed by atoms with Gasteiger partial charge in [-0.05, 0) is 45.7 Å². The summed E-state index contributed by atoms with van der Waals surface area (Å²) >= 11 is 0. The third kappa shape index (κ3) is 7.71. The fourth-order valence-corrected chi connectivity index (χ4v) is 2.01. The summed E-state index contributed by atoms with van der Waals surface area (Å²) < 4.78 is 5.18. The van der Waals surface area contributed by atoms with Crippen LogP contribution in [0.5, 0.6) is 0 Å². The van der Waals surface area contributed by atoms with Gasteiger partial charge in [-0.1, -0.05) is 6.42 Å². The maximum absolute atomic E-state index is 12.0. The lowest BCUT2D eigenvalue weighted by atomic mass is 10.1. The predicted octanol–water partition coefficient (Wildman–Crippen LogP) is 2.17. The molecular weight excluding hydrogens is 312 g/mol. The smallest absolute Gasteiger partial charge is 0.326 e. The van der Waals surface area contributed by atoms with Gasteiger partial charge in [-0.2, -0.15) is 0 Å². The van der Waals surface area contributed by atoms with E-state index in [1.165, 1.54) is 12.4 Å². The number of ether oxygens (including phenoxy) is 1. The minimum atomic E-state index is -1.11. The van der Waals surface area contributed by atoms with Gasteiger partial charge in [0.15, 0.2) is 0 Å². The van der Waals surface area contributed by atoms with Crippen LogP contribution in [0.2, 0.25) is 0 Å². The van der Waals surface area contributed by atoms with Crippen molar-refractivity contribution >= 4 is 17.8 Å². The second-order valence-corrected chi connectivity index (χ2v) is 6.44. The van der Waals surface area contributed by atoms with Crippen LogP contribution in [-0.4, -0.2) is 39.6 Å². The molecule has 1 rings (SSSR count). The summed E-state index contributed by atoms with van der Waals surface area (Å²) in [6.45, 7) is 5.37. The Balaban J connectivity index is 2.40. The van der Waals surface area contributed by atoms with Gasteiger partial charge in [-0.15, -0.1) is 0 Å². The molecule has 0 aliphatic carbocycles. The van der Waals surface area contributed by atoms with Crippen LogP contribution in [-0.2, 0) is 14.3 Å². The largest absolute Gasteiger partial charge is 0.480 e. The molecule has 132 valence electrons. The Hall–Kier alpha value is -2.44. The van der Waals surface area contributed by atoms with Crippen molar-refractivity contribution in [3.05, 3.63) is 30.1 Å². The monoisotopic (exact) mass is 336 g/mol. The van der Waals surface area contributed by atoms with Gasteiger partial charge < -0.3 is 15.2 Å². The van der Waals surface area contributed by atoms with E-state index in [4.69, 9.17) is 4.74 Å². The summed E-state index contributed by atoms with van der Waals surface area (Å²) in [7, 11) is 0. The molecule has 0 saturated carbocycles. The van der Waals surface area contributed by atoms with E-state index in [9.17, 15) is 19.5 Å². The van der Waals surface area contributed by atoms with E-state index in [1.807, 2.05) is 0 Å². The molecule has 2 N–H and O–H groups in total. The van der Waals surface area contributed by atoms with Gasteiger partial charge in [0.1, 0.15) is 11.6 Å². The zero-order valence-corrected chi connectivity index (χ0v) is 14.2. The van der Waals surface area contributed by atoms with E-state index in [0.29, 0.717) is 18.4 Å². The first-order valence-electron chi connectivity index (χ1n) is 7.84. The number of amides is 1. The van der Waals surface area contributed by atoms with Gasteiger partial charge in [0.05, 0.1) is 5.56 Å². The summed E-state index contributed by atoms with van der Waals surface area (Å²) in [5.74, 6) is -1.90. The molecular formula is C17H24N2O5. The first-order chi connectivity index (χ1) is 11.2. The Morgan fingerprint density at radius 3 is 2.54 bits per heavy atom. The third-order valence-corrected chi connectivity index (χ3v) is 3.07. The SMILES string of the molecule is CC(C)(C)OC(=O)CCCCC(NC(=O)c1cccnc1)C(=O)O. The number of aliphatic carboxylic acids is 1. The summed E-state index contributed by atoms with van der Waals surface area (Å²) in [5.41, 5.74) is -0.226. The fourth-order valence-electron chi connectivity index (χ4n) is 2.01. The molecule has 24 heavy (non-hydrogen) atoms. The van der Waals surface area contributed by atoms with Crippen LogP contribution < -0.4 is 5.32 Å². The topological polar surface area (TPSA) is 106 Å². The number of carboxylic acid groups (broad SMARTS) is 1. The maximum Gasteiger partial charge on any atom is 0.326 e. The van der Waals surface area contributed by atoms with Crippen molar-refractivity contribution in [3.63, 3.8) is 0 Å². The molecule has 7 nitrogen and oxygen atoms in total. The highest BCUT2D eigenvalue weighted by Crippen LogP contribution is 2.11. The molecule has 7 heteroatoms. The van der Waals surface area contributed by atoms with Gasteiger partial charge in [-0.25, -0.2) is 4.79 Å². The van der Waals surface area contributed by atoms with Crippen LogP contribution in [0.3, 0.4) is 0 Å². The predicted molar refractivity (Wildman–Crippen MR) is 87.4 cm³/mol. The minimum Gasteiger partial charge on any atom is -0.480 e. The molecule has 0 spiro atoms. The Kier molecular flexibility index (Phi) is 7.35. The zero-order valence-electron chi connectivity index (χ0n) is 14.2. The van der Waals surface area contributed by atoms with Crippen LogP contribution >= 0.6 is 0 Å². The number of nitrogens with one attached hydrogen (secondary N) is 1.